The molecule has 136 valence electrons. The van der Waals surface area contributed by atoms with Crippen molar-refractivity contribution in [2.75, 3.05) is 13.2 Å². The summed E-state index contributed by atoms with van der Waals surface area (Å²) < 4.78 is 15.5. The van der Waals surface area contributed by atoms with E-state index >= 15 is 0 Å². The fourth-order valence-electron chi connectivity index (χ4n) is 2.54. The molecule has 0 spiro atoms. The Kier molecular flexibility index (Phi) is 6.27. The summed E-state index contributed by atoms with van der Waals surface area (Å²) in [5.74, 6) is 0. The van der Waals surface area contributed by atoms with Crippen LogP contribution in [-0.4, -0.2) is 110 Å². The lowest BCUT2D eigenvalue weighted by molar-refractivity contribution is -0.369. The third kappa shape index (κ3) is 3.65. The van der Waals surface area contributed by atoms with E-state index in [-0.39, 0.29) is 0 Å². The van der Waals surface area contributed by atoms with Gasteiger partial charge in [-0.15, -0.1) is 0 Å². The number of aliphatic hydroxyl groups is 7. The number of nitrogens with two attached hydrogens (primary N) is 1. The Morgan fingerprint density at radius 1 is 0.696 bits per heavy atom. The van der Waals surface area contributed by atoms with Gasteiger partial charge < -0.3 is 55.7 Å². The minimum absolute atomic E-state index is 0.542. The Morgan fingerprint density at radius 2 is 1.17 bits per heavy atom. The third-order valence-electron chi connectivity index (χ3n) is 4.06. The first kappa shape index (κ1) is 18.9. The minimum atomic E-state index is -1.69. The summed E-state index contributed by atoms with van der Waals surface area (Å²) in [6, 6.07) is -1.05. The Hall–Kier alpha value is -0.440. The SMILES string of the molecule is N[C@@H]1C(CO)O[C@H](O[C@H]2OC(CO)[C@@H](O)C(O)[C@H]2O)C(O)[C@H]1O. The molecule has 0 aliphatic carbocycles. The van der Waals surface area contributed by atoms with Crippen molar-refractivity contribution >= 4 is 0 Å². The van der Waals surface area contributed by atoms with Crippen LogP contribution < -0.4 is 5.73 Å². The van der Waals surface area contributed by atoms with Crippen molar-refractivity contribution in [1.82, 2.24) is 0 Å². The van der Waals surface area contributed by atoms with Gasteiger partial charge in [-0.3, -0.25) is 0 Å². The second-order valence-electron chi connectivity index (χ2n) is 5.62. The highest BCUT2D eigenvalue weighted by molar-refractivity contribution is 4.93. The number of hydrogen-bond donors (Lipinski definition) is 8. The smallest absolute Gasteiger partial charge is 0.189 e. The van der Waals surface area contributed by atoms with Crippen LogP contribution in [0.1, 0.15) is 0 Å². The molecule has 9 N–H and O–H groups in total. The molecule has 0 aromatic rings. The van der Waals surface area contributed by atoms with Crippen molar-refractivity contribution in [3.05, 3.63) is 0 Å². The van der Waals surface area contributed by atoms with E-state index in [1.807, 2.05) is 0 Å². The van der Waals surface area contributed by atoms with Gasteiger partial charge in [-0.25, -0.2) is 0 Å². The standard InChI is InChI=1S/C12H23NO10/c13-5-3(1-14)21-11(9(19)7(5)17)23-12-10(20)8(18)6(16)4(2-15)22-12/h3-12,14-20H,1-2,13H2/t3?,4?,5-,6-,7+,8?,9?,10-,11-,12-/m1/s1. The van der Waals surface area contributed by atoms with Crippen molar-refractivity contribution < 1.29 is 50.0 Å². The summed E-state index contributed by atoms with van der Waals surface area (Å²) in [4.78, 5) is 0. The normalized spacial score (nSPS) is 51.7. The van der Waals surface area contributed by atoms with Gasteiger partial charge in [0.05, 0.1) is 19.3 Å². The Bertz CT molecular complexity index is 349. The highest BCUT2D eigenvalue weighted by Crippen LogP contribution is 2.27. The van der Waals surface area contributed by atoms with Gasteiger partial charge in [-0.2, -0.15) is 0 Å². The molecule has 2 aliphatic heterocycles. The van der Waals surface area contributed by atoms with Crippen LogP contribution in [0.3, 0.4) is 0 Å². The van der Waals surface area contributed by atoms with Gasteiger partial charge in [-0.1, -0.05) is 0 Å². The van der Waals surface area contributed by atoms with E-state index < -0.39 is 74.6 Å². The number of rotatable bonds is 4. The Labute approximate surface area is 131 Å². The first-order valence-electron chi connectivity index (χ1n) is 7.15. The molecule has 0 saturated carbocycles. The molecule has 0 aromatic heterocycles. The monoisotopic (exact) mass is 341 g/mol. The van der Waals surface area contributed by atoms with E-state index in [2.05, 4.69) is 0 Å². The van der Waals surface area contributed by atoms with Gasteiger partial charge >= 0.3 is 0 Å². The summed E-state index contributed by atoms with van der Waals surface area (Å²) in [6.45, 7) is -1.19. The van der Waals surface area contributed by atoms with Crippen LogP contribution in [0, 0.1) is 0 Å². The van der Waals surface area contributed by atoms with Gasteiger partial charge in [0.15, 0.2) is 12.6 Å². The van der Waals surface area contributed by atoms with Crippen LogP contribution in [0.15, 0.2) is 0 Å². The van der Waals surface area contributed by atoms with Crippen LogP contribution in [0.4, 0.5) is 0 Å². The fraction of sp³-hybridized carbons (Fsp3) is 1.00. The van der Waals surface area contributed by atoms with Gasteiger partial charge in [0.1, 0.15) is 42.7 Å². The van der Waals surface area contributed by atoms with Gasteiger partial charge in [0.25, 0.3) is 0 Å². The molecule has 4 unspecified atom stereocenters. The Balaban J connectivity index is 2.07. The first-order chi connectivity index (χ1) is 10.8. The van der Waals surface area contributed by atoms with Crippen molar-refractivity contribution in [1.29, 1.82) is 0 Å². The molecular weight excluding hydrogens is 318 g/mol. The van der Waals surface area contributed by atoms with Crippen LogP contribution >= 0.6 is 0 Å². The first-order valence-corrected chi connectivity index (χ1v) is 7.15. The zero-order valence-electron chi connectivity index (χ0n) is 12.1. The van der Waals surface area contributed by atoms with Crippen molar-refractivity contribution in [3.63, 3.8) is 0 Å². The van der Waals surface area contributed by atoms with Gasteiger partial charge in [0.2, 0.25) is 0 Å². The highest BCUT2D eigenvalue weighted by atomic mass is 16.8. The largest absolute Gasteiger partial charge is 0.394 e. The molecule has 10 atom stereocenters. The molecule has 0 bridgehead atoms. The van der Waals surface area contributed by atoms with E-state index in [0.29, 0.717) is 0 Å². The van der Waals surface area contributed by atoms with Crippen LogP contribution in [-0.2, 0) is 14.2 Å². The lowest BCUT2D eigenvalue weighted by atomic mass is 9.97. The maximum absolute atomic E-state index is 9.92. The summed E-state index contributed by atoms with van der Waals surface area (Å²) in [6.07, 6.45) is -13.2. The maximum atomic E-state index is 9.92. The summed E-state index contributed by atoms with van der Waals surface area (Å²) in [5.41, 5.74) is 5.59. The maximum Gasteiger partial charge on any atom is 0.189 e. The number of hydrogen-bond acceptors (Lipinski definition) is 11. The topological polar surface area (TPSA) is 195 Å². The van der Waals surface area contributed by atoms with E-state index in [1.165, 1.54) is 0 Å². The van der Waals surface area contributed by atoms with E-state index in [9.17, 15) is 25.5 Å². The predicted octanol–water partition coefficient (Wildman–Crippen LogP) is -5.43. The zero-order chi connectivity index (χ0) is 17.3. The minimum Gasteiger partial charge on any atom is -0.394 e. The zero-order valence-corrected chi connectivity index (χ0v) is 12.1. The molecule has 0 aromatic carbocycles. The average Bonchev–Trinajstić information content (AvgIpc) is 2.55. The van der Waals surface area contributed by atoms with Gasteiger partial charge in [-0.05, 0) is 0 Å². The molecule has 0 radical (unpaired) electrons. The molecule has 0 amide bonds. The lowest BCUT2D eigenvalue weighted by Gasteiger charge is -2.44. The summed E-state index contributed by atoms with van der Waals surface area (Å²) in [5, 5.41) is 67.2. The summed E-state index contributed by atoms with van der Waals surface area (Å²) >= 11 is 0. The molecule has 11 nitrogen and oxygen atoms in total. The van der Waals surface area contributed by atoms with E-state index in [4.69, 9.17) is 30.2 Å². The molecule has 2 heterocycles. The lowest BCUT2D eigenvalue weighted by Crippen LogP contribution is -2.65. The molecule has 2 rings (SSSR count). The fourth-order valence-corrected chi connectivity index (χ4v) is 2.54. The van der Waals surface area contributed by atoms with Crippen molar-refractivity contribution in [2.24, 2.45) is 5.73 Å². The van der Waals surface area contributed by atoms with Crippen LogP contribution in [0.2, 0.25) is 0 Å². The second kappa shape index (κ2) is 7.63. The molecule has 23 heavy (non-hydrogen) atoms. The highest BCUT2D eigenvalue weighted by Gasteiger charge is 2.49. The van der Waals surface area contributed by atoms with Crippen LogP contribution in [0.5, 0.6) is 0 Å². The Morgan fingerprint density at radius 3 is 1.70 bits per heavy atom. The van der Waals surface area contributed by atoms with E-state index in [1.54, 1.807) is 0 Å². The average molecular weight is 341 g/mol. The second-order valence-corrected chi connectivity index (χ2v) is 5.62. The van der Waals surface area contributed by atoms with Crippen molar-refractivity contribution in [3.8, 4) is 0 Å². The number of ether oxygens (including phenoxy) is 3. The molecule has 2 saturated heterocycles. The molecule has 2 aliphatic rings. The molecule has 11 heteroatoms. The quantitative estimate of drug-likeness (QED) is 0.243. The molecular formula is C12H23NO10. The predicted molar refractivity (Wildman–Crippen MR) is 70.6 cm³/mol. The van der Waals surface area contributed by atoms with E-state index in [0.717, 1.165) is 0 Å². The van der Waals surface area contributed by atoms with Crippen molar-refractivity contribution in [2.45, 2.75) is 61.3 Å². The van der Waals surface area contributed by atoms with Gasteiger partial charge in [0, 0.05) is 0 Å². The number of aliphatic hydroxyl groups excluding tert-OH is 7. The third-order valence-corrected chi connectivity index (χ3v) is 4.06. The summed E-state index contributed by atoms with van der Waals surface area (Å²) in [7, 11) is 0. The van der Waals surface area contributed by atoms with Crippen LogP contribution in [0.25, 0.3) is 0 Å². The molecule has 2 fully saturated rings.